The highest BCUT2D eigenvalue weighted by Gasteiger charge is 2.17. The van der Waals surface area contributed by atoms with E-state index in [0.29, 0.717) is 11.4 Å². The summed E-state index contributed by atoms with van der Waals surface area (Å²) >= 11 is 0. The van der Waals surface area contributed by atoms with Gasteiger partial charge in [0.05, 0.1) is 16.6 Å². The van der Waals surface area contributed by atoms with Crippen LogP contribution in [0, 0.1) is 17.1 Å². The van der Waals surface area contributed by atoms with Gasteiger partial charge in [0.1, 0.15) is 17.7 Å². The Labute approximate surface area is 192 Å². The van der Waals surface area contributed by atoms with Gasteiger partial charge in [0.25, 0.3) is 0 Å². The van der Waals surface area contributed by atoms with Crippen molar-refractivity contribution in [3.8, 4) is 6.07 Å². The molecule has 3 aromatic carbocycles. The van der Waals surface area contributed by atoms with Crippen LogP contribution in [0.15, 0.2) is 72.8 Å². The molecule has 0 radical (unpaired) electrons. The van der Waals surface area contributed by atoms with Gasteiger partial charge in [0, 0.05) is 38.4 Å². The van der Waals surface area contributed by atoms with Crippen molar-refractivity contribution in [3.05, 3.63) is 95.6 Å². The first-order chi connectivity index (χ1) is 16.2. The minimum Gasteiger partial charge on any atom is -0.369 e. The zero-order valence-corrected chi connectivity index (χ0v) is 18.2. The van der Waals surface area contributed by atoms with E-state index in [0.717, 1.165) is 54.9 Å². The Hall–Kier alpha value is -3.95. The summed E-state index contributed by atoms with van der Waals surface area (Å²) in [6.45, 7) is 4.65. The first kappa shape index (κ1) is 20.9. The van der Waals surface area contributed by atoms with E-state index in [1.54, 1.807) is 0 Å². The van der Waals surface area contributed by atoms with E-state index >= 15 is 0 Å². The molecule has 1 fully saturated rings. The number of allylic oxidation sites excluding steroid dienone is 1. The van der Waals surface area contributed by atoms with Crippen molar-refractivity contribution in [2.24, 2.45) is 0 Å². The molecule has 1 aliphatic heterocycles. The lowest BCUT2D eigenvalue weighted by Gasteiger charge is -2.36. The predicted octanol–water partition coefficient (Wildman–Crippen LogP) is 5.09. The molecule has 1 N–H and O–H groups in total. The van der Waals surface area contributed by atoms with Gasteiger partial charge in [-0.2, -0.15) is 5.26 Å². The average Bonchev–Trinajstić information content (AvgIpc) is 3.29. The quantitative estimate of drug-likeness (QED) is 0.442. The van der Waals surface area contributed by atoms with Crippen LogP contribution in [-0.4, -0.2) is 41.0 Å². The van der Waals surface area contributed by atoms with Gasteiger partial charge in [-0.1, -0.05) is 36.4 Å². The van der Waals surface area contributed by atoms with Gasteiger partial charge < -0.3 is 9.88 Å². The number of aromatic amines is 1. The summed E-state index contributed by atoms with van der Waals surface area (Å²) in [6, 6.07) is 25.1. The lowest BCUT2D eigenvalue weighted by atomic mass is 10.1. The molecule has 1 aliphatic rings. The number of nitrogens with one attached hydrogen (secondary N) is 1. The molecule has 6 heteroatoms. The van der Waals surface area contributed by atoms with E-state index < -0.39 is 0 Å². The number of piperazine rings is 1. The Balaban J connectivity index is 1.23. The van der Waals surface area contributed by atoms with Crippen LogP contribution in [0.5, 0.6) is 0 Å². The van der Waals surface area contributed by atoms with Crippen LogP contribution in [0.2, 0.25) is 0 Å². The summed E-state index contributed by atoms with van der Waals surface area (Å²) in [5.41, 5.74) is 5.55. The van der Waals surface area contributed by atoms with E-state index in [2.05, 4.69) is 38.0 Å². The SMILES string of the molecule is N#C/C(=C\c1ccc(N2CCN(Cc3ccc(F)cc3)CC2)cc1)c1nc2ccccc2[nH]1. The van der Waals surface area contributed by atoms with Crippen LogP contribution >= 0.6 is 0 Å². The molecule has 0 unspecified atom stereocenters. The number of hydrogen-bond acceptors (Lipinski definition) is 4. The first-order valence-corrected chi connectivity index (χ1v) is 11.1. The summed E-state index contributed by atoms with van der Waals surface area (Å²) < 4.78 is 13.1. The van der Waals surface area contributed by atoms with Crippen LogP contribution in [0.1, 0.15) is 17.0 Å². The third-order valence-corrected chi connectivity index (χ3v) is 6.03. The number of H-pyrrole nitrogens is 1. The van der Waals surface area contributed by atoms with Crippen molar-refractivity contribution in [3.63, 3.8) is 0 Å². The summed E-state index contributed by atoms with van der Waals surface area (Å²) in [5.74, 6) is 0.390. The van der Waals surface area contributed by atoms with Gasteiger partial charge in [-0.25, -0.2) is 9.37 Å². The highest BCUT2D eigenvalue weighted by atomic mass is 19.1. The van der Waals surface area contributed by atoms with Gasteiger partial charge in [0.2, 0.25) is 0 Å². The van der Waals surface area contributed by atoms with Crippen molar-refractivity contribution in [1.82, 2.24) is 14.9 Å². The molecule has 5 rings (SSSR count). The number of imidazole rings is 1. The van der Waals surface area contributed by atoms with Gasteiger partial charge in [-0.3, -0.25) is 4.90 Å². The minimum absolute atomic E-state index is 0.193. The van der Waals surface area contributed by atoms with Gasteiger partial charge in [-0.05, 0) is 53.6 Å². The van der Waals surface area contributed by atoms with Crippen LogP contribution < -0.4 is 4.90 Å². The topological polar surface area (TPSA) is 59.0 Å². The molecule has 2 heterocycles. The third kappa shape index (κ3) is 4.79. The lowest BCUT2D eigenvalue weighted by Crippen LogP contribution is -2.45. The van der Waals surface area contributed by atoms with Gasteiger partial charge in [0.15, 0.2) is 0 Å². The molecular formula is C27H24FN5. The van der Waals surface area contributed by atoms with Crippen LogP contribution in [-0.2, 0) is 6.54 Å². The molecular weight excluding hydrogens is 413 g/mol. The van der Waals surface area contributed by atoms with E-state index in [9.17, 15) is 9.65 Å². The maximum atomic E-state index is 13.1. The standard InChI is InChI=1S/C27H24FN5/c28-23-9-5-21(6-10-23)19-32-13-15-33(16-14-32)24-11-7-20(8-12-24)17-22(18-29)27-30-25-3-1-2-4-26(25)31-27/h1-12,17H,13-16,19H2,(H,30,31)/b22-17+. The van der Waals surface area contributed by atoms with Crippen molar-refractivity contribution in [2.75, 3.05) is 31.1 Å². The summed E-state index contributed by atoms with van der Waals surface area (Å²) in [4.78, 5) is 12.5. The van der Waals surface area contributed by atoms with Crippen LogP contribution in [0.3, 0.4) is 0 Å². The smallest absolute Gasteiger partial charge is 0.149 e. The summed E-state index contributed by atoms with van der Waals surface area (Å²) in [7, 11) is 0. The lowest BCUT2D eigenvalue weighted by molar-refractivity contribution is 0.250. The molecule has 5 nitrogen and oxygen atoms in total. The molecule has 0 atom stereocenters. The maximum absolute atomic E-state index is 13.1. The Morgan fingerprint density at radius 2 is 1.70 bits per heavy atom. The van der Waals surface area contributed by atoms with E-state index in [1.807, 2.05) is 54.6 Å². The minimum atomic E-state index is -0.193. The van der Waals surface area contributed by atoms with Crippen molar-refractivity contribution in [2.45, 2.75) is 6.54 Å². The molecule has 1 saturated heterocycles. The fourth-order valence-corrected chi connectivity index (χ4v) is 4.19. The molecule has 0 amide bonds. The number of para-hydroxylation sites is 2. The summed E-state index contributed by atoms with van der Waals surface area (Å²) in [6.07, 6.45) is 1.86. The van der Waals surface area contributed by atoms with Crippen LogP contribution in [0.4, 0.5) is 10.1 Å². The fourth-order valence-electron chi connectivity index (χ4n) is 4.19. The molecule has 1 aromatic heterocycles. The monoisotopic (exact) mass is 437 g/mol. The van der Waals surface area contributed by atoms with E-state index in [1.165, 1.54) is 17.8 Å². The number of fused-ring (bicyclic) bond motifs is 1. The normalized spacial score (nSPS) is 15.0. The van der Waals surface area contributed by atoms with Crippen molar-refractivity contribution < 1.29 is 4.39 Å². The zero-order chi connectivity index (χ0) is 22.6. The van der Waals surface area contributed by atoms with Crippen LogP contribution in [0.25, 0.3) is 22.7 Å². The average molecular weight is 438 g/mol. The number of rotatable bonds is 5. The maximum Gasteiger partial charge on any atom is 0.149 e. The highest BCUT2D eigenvalue weighted by molar-refractivity contribution is 5.90. The van der Waals surface area contributed by atoms with Crippen molar-refractivity contribution in [1.29, 1.82) is 5.26 Å². The second kappa shape index (κ2) is 9.27. The summed E-state index contributed by atoms with van der Waals surface area (Å²) in [5, 5.41) is 9.66. The number of benzene rings is 3. The number of anilines is 1. The molecule has 33 heavy (non-hydrogen) atoms. The van der Waals surface area contributed by atoms with Crippen molar-refractivity contribution >= 4 is 28.4 Å². The second-order valence-electron chi connectivity index (χ2n) is 8.25. The van der Waals surface area contributed by atoms with Gasteiger partial charge in [-0.15, -0.1) is 0 Å². The molecule has 0 spiro atoms. The molecule has 0 bridgehead atoms. The highest BCUT2D eigenvalue weighted by Crippen LogP contribution is 2.22. The Morgan fingerprint density at radius 1 is 0.970 bits per heavy atom. The zero-order valence-electron chi connectivity index (χ0n) is 18.2. The number of halogens is 1. The van der Waals surface area contributed by atoms with E-state index in [-0.39, 0.29) is 5.82 Å². The number of nitrogens with zero attached hydrogens (tertiary/aromatic N) is 4. The number of hydrogen-bond donors (Lipinski definition) is 1. The molecule has 0 saturated carbocycles. The Kier molecular flexibility index (Phi) is 5.88. The first-order valence-electron chi connectivity index (χ1n) is 11.1. The van der Waals surface area contributed by atoms with Gasteiger partial charge >= 0.3 is 0 Å². The molecule has 4 aromatic rings. The molecule has 164 valence electrons. The third-order valence-electron chi connectivity index (χ3n) is 6.03. The molecule has 0 aliphatic carbocycles. The number of aromatic nitrogens is 2. The fraction of sp³-hybridized carbons (Fsp3) is 0.185. The second-order valence-corrected chi connectivity index (χ2v) is 8.25. The Bertz CT molecular complexity index is 1270. The predicted molar refractivity (Wildman–Crippen MR) is 130 cm³/mol. The van der Waals surface area contributed by atoms with E-state index in [4.69, 9.17) is 0 Å². The number of nitriles is 1. The largest absolute Gasteiger partial charge is 0.369 e. The Morgan fingerprint density at radius 3 is 2.39 bits per heavy atom.